The van der Waals surface area contributed by atoms with Crippen molar-refractivity contribution in [2.24, 2.45) is 0 Å². The minimum absolute atomic E-state index is 0.447. The molecule has 0 fully saturated rings. The molecule has 2 aromatic carbocycles. The summed E-state index contributed by atoms with van der Waals surface area (Å²) in [4.78, 5) is 4.32. The lowest BCUT2D eigenvalue weighted by molar-refractivity contribution is 1.10. The smallest absolute Gasteiger partial charge is 0.100 e. The fourth-order valence-corrected chi connectivity index (χ4v) is 2.24. The maximum absolute atomic E-state index is 6.03. The summed E-state index contributed by atoms with van der Waals surface area (Å²) in [5, 5.41) is 0.918. The molecule has 0 bridgehead atoms. The van der Waals surface area contributed by atoms with Crippen LogP contribution >= 0.6 is 23.2 Å². The lowest BCUT2D eigenvalue weighted by atomic mass is 10.2. The van der Waals surface area contributed by atoms with E-state index in [0.29, 0.717) is 15.7 Å². The zero-order valence-corrected chi connectivity index (χ0v) is 10.8. The fraction of sp³-hybridized carbons (Fsp3) is 0. The van der Waals surface area contributed by atoms with E-state index in [9.17, 15) is 0 Å². The molecule has 0 spiro atoms. The Morgan fingerprint density at radius 2 is 1.78 bits per heavy atom. The van der Waals surface area contributed by atoms with Gasteiger partial charge in [-0.15, -0.1) is 0 Å². The fourth-order valence-electron chi connectivity index (χ4n) is 1.91. The summed E-state index contributed by atoms with van der Waals surface area (Å²) in [6.07, 6.45) is 1.72. The van der Waals surface area contributed by atoms with E-state index >= 15 is 0 Å². The van der Waals surface area contributed by atoms with Gasteiger partial charge in [0.15, 0.2) is 0 Å². The first-order valence-corrected chi connectivity index (χ1v) is 6.09. The van der Waals surface area contributed by atoms with Crippen LogP contribution in [0.25, 0.3) is 16.7 Å². The molecule has 1 aromatic heterocycles. The zero-order chi connectivity index (χ0) is 12.7. The number of aromatic nitrogens is 2. The summed E-state index contributed by atoms with van der Waals surface area (Å²) in [6, 6.07) is 11.2. The molecule has 0 aliphatic rings. The summed E-state index contributed by atoms with van der Waals surface area (Å²) in [5.74, 6) is 0. The van der Waals surface area contributed by atoms with Gasteiger partial charge in [0, 0.05) is 0 Å². The van der Waals surface area contributed by atoms with Crippen LogP contribution in [0.5, 0.6) is 0 Å². The van der Waals surface area contributed by atoms with Crippen LogP contribution in [0.4, 0.5) is 5.69 Å². The number of halogens is 2. The molecule has 0 aliphatic carbocycles. The summed E-state index contributed by atoms with van der Waals surface area (Å²) in [5.41, 5.74) is 9.20. The van der Waals surface area contributed by atoms with Crippen LogP contribution in [-0.4, -0.2) is 9.55 Å². The van der Waals surface area contributed by atoms with Gasteiger partial charge in [0.25, 0.3) is 0 Å². The van der Waals surface area contributed by atoms with E-state index in [2.05, 4.69) is 4.98 Å². The minimum atomic E-state index is 0.447. The molecule has 0 radical (unpaired) electrons. The molecule has 0 saturated carbocycles. The molecule has 3 rings (SSSR count). The SMILES string of the molecule is Nc1cc(Cl)c(Cl)cc1-n1cnc2ccccc21. The van der Waals surface area contributed by atoms with Crippen molar-refractivity contribution in [3.05, 3.63) is 52.8 Å². The van der Waals surface area contributed by atoms with Crippen molar-refractivity contribution in [3.8, 4) is 5.69 Å². The number of para-hydroxylation sites is 2. The number of fused-ring (bicyclic) bond motifs is 1. The van der Waals surface area contributed by atoms with Crippen molar-refractivity contribution in [2.45, 2.75) is 0 Å². The van der Waals surface area contributed by atoms with Gasteiger partial charge >= 0.3 is 0 Å². The summed E-state index contributed by atoms with van der Waals surface area (Å²) < 4.78 is 1.90. The third-order valence-corrected chi connectivity index (χ3v) is 3.50. The van der Waals surface area contributed by atoms with E-state index < -0.39 is 0 Å². The molecule has 5 heteroatoms. The lowest BCUT2D eigenvalue weighted by Crippen LogP contribution is -1.98. The van der Waals surface area contributed by atoms with Gasteiger partial charge in [-0.05, 0) is 24.3 Å². The van der Waals surface area contributed by atoms with Crippen LogP contribution in [0, 0.1) is 0 Å². The Bertz CT molecular complexity index is 734. The molecule has 0 aliphatic heterocycles. The Morgan fingerprint density at radius 3 is 2.61 bits per heavy atom. The first kappa shape index (κ1) is 11.4. The standard InChI is InChI=1S/C13H9Cl2N3/c14-8-5-10(16)13(6-9(8)15)18-7-17-11-3-1-2-4-12(11)18/h1-7H,16H2. The van der Waals surface area contributed by atoms with E-state index in [0.717, 1.165) is 16.7 Å². The second-order valence-corrected chi connectivity index (χ2v) is 4.74. The van der Waals surface area contributed by atoms with Crippen molar-refractivity contribution < 1.29 is 0 Å². The predicted octanol–water partition coefficient (Wildman–Crippen LogP) is 3.91. The quantitative estimate of drug-likeness (QED) is 0.686. The Hall–Kier alpha value is -1.71. The summed E-state index contributed by atoms with van der Waals surface area (Å²) >= 11 is 12.0. The predicted molar refractivity (Wildman–Crippen MR) is 75.5 cm³/mol. The van der Waals surface area contributed by atoms with Gasteiger partial charge in [-0.3, -0.25) is 4.57 Å². The highest BCUT2D eigenvalue weighted by Crippen LogP contribution is 2.31. The molecule has 3 aromatic rings. The van der Waals surface area contributed by atoms with Gasteiger partial charge in [-0.1, -0.05) is 35.3 Å². The molecular weight excluding hydrogens is 269 g/mol. The first-order valence-electron chi connectivity index (χ1n) is 5.34. The average Bonchev–Trinajstić information content (AvgIpc) is 2.78. The second kappa shape index (κ2) is 4.19. The number of hydrogen-bond acceptors (Lipinski definition) is 2. The van der Waals surface area contributed by atoms with Crippen molar-refractivity contribution in [3.63, 3.8) is 0 Å². The Balaban J connectivity index is 2.29. The Morgan fingerprint density at radius 1 is 1.06 bits per heavy atom. The Labute approximate surface area is 114 Å². The summed E-state index contributed by atoms with van der Waals surface area (Å²) in [6.45, 7) is 0. The zero-order valence-electron chi connectivity index (χ0n) is 9.27. The lowest BCUT2D eigenvalue weighted by Gasteiger charge is -2.09. The number of imidazole rings is 1. The number of rotatable bonds is 1. The van der Waals surface area contributed by atoms with Gasteiger partial charge in [0.2, 0.25) is 0 Å². The number of anilines is 1. The van der Waals surface area contributed by atoms with Gasteiger partial charge < -0.3 is 5.73 Å². The molecule has 90 valence electrons. The topological polar surface area (TPSA) is 43.8 Å². The monoisotopic (exact) mass is 277 g/mol. The van der Waals surface area contributed by atoms with Crippen LogP contribution in [0.1, 0.15) is 0 Å². The van der Waals surface area contributed by atoms with E-state index in [4.69, 9.17) is 28.9 Å². The van der Waals surface area contributed by atoms with E-state index in [1.165, 1.54) is 0 Å². The van der Waals surface area contributed by atoms with Crippen LogP contribution < -0.4 is 5.73 Å². The number of benzene rings is 2. The molecule has 18 heavy (non-hydrogen) atoms. The van der Waals surface area contributed by atoms with Gasteiger partial charge in [-0.25, -0.2) is 4.98 Å². The first-order chi connectivity index (χ1) is 8.66. The molecule has 0 unspecified atom stereocenters. The van der Waals surface area contributed by atoms with E-state index in [1.807, 2.05) is 28.8 Å². The maximum Gasteiger partial charge on any atom is 0.100 e. The number of hydrogen-bond donors (Lipinski definition) is 1. The van der Waals surface area contributed by atoms with Crippen molar-refractivity contribution >= 4 is 39.9 Å². The van der Waals surface area contributed by atoms with Crippen LogP contribution in [0.15, 0.2) is 42.7 Å². The van der Waals surface area contributed by atoms with Crippen LogP contribution in [0.2, 0.25) is 10.0 Å². The van der Waals surface area contributed by atoms with Crippen LogP contribution in [0.3, 0.4) is 0 Å². The van der Waals surface area contributed by atoms with E-state index in [1.54, 1.807) is 18.5 Å². The molecule has 0 saturated heterocycles. The molecular formula is C13H9Cl2N3. The van der Waals surface area contributed by atoms with Crippen molar-refractivity contribution in [1.29, 1.82) is 0 Å². The summed E-state index contributed by atoms with van der Waals surface area (Å²) in [7, 11) is 0. The van der Waals surface area contributed by atoms with E-state index in [-0.39, 0.29) is 0 Å². The van der Waals surface area contributed by atoms with Gasteiger partial charge in [0.05, 0.1) is 32.5 Å². The molecule has 0 atom stereocenters. The molecule has 2 N–H and O–H groups in total. The van der Waals surface area contributed by atoms with Crippen molar-refractivity contribution in [1.82, 2.24) is 9.55 Å². The number of nitrogens with two attached hydrogens (primary N) is 1. The highest BCUT2D eigenvalue weighted by Gasteiger charge is 2.09. The minimum Gasteiger partial charge on any atom is -0.397 e. The number of nitrogen functional groups attached to an aromatic ring is 1. The third-order valence-electron chi connectivity index (χ3n) is 2.78. The normalized spacial score (nSPS) is 11.0. The highest BCUT2D eigenvalue weighted by molar-refractivity contribution is 6.42. The van der Waals surface area contributed by atoms with Crippen LogP contribution in [-0.2, 0) is 0 Å². The Kier molecular flexibility index (Phi) is 2.65. The largest absolute Gasteiger partial charge is 0.397 e. The number of nitrogens with zero attached hydrogens (tertiary/aromatic N) is 2. The van der Waals surface area contributed by atoms with Gasteiger partial charge in [0.1, 0.15) is 6.33 Å². The molecule has 0 amide bonds. The highest BCUT2D eigenvalue weighted by atomic mass is 35.5. The molecule has 3 nitrogen and oxygen atoms in total. The third kappa shape index (κ3) is 1.72. The average molecular weight is 278 g/mol. The maximum atomic E-state index is 6.03. The van der Waals surface area contributed by atoms with Crippen molar-refractivity contribution in [2.75, 3.05) is 5.73 Å². The van der Waals surface area contributed by atoms with Gasteiger partial charge in [-0.2, -0.15) is 0 Å². The molecule has 1 heterocycles. The second-order valence-electron chi connectivity index (χ2n) is 3.93.